The number of rotatable bonds is 4. The van der Waals surface area contributed by atoms with Crippen LogP contribution in [-0.4, -0.2) is 19.7 Å². The van der Waals surface area contributed by atoms with E-state index in [-0.39, 0.29) is 0 Å². The van der Waals surface area contributed by atoms with E-state index >= 15 is 0 Å². The lowest BCUT2D eigenvalue weighted by atomic mass is 10.2. The van der Waals surface area contributed by atoms with Gasteiger partial charge in [0.05, 0.1) is 17.1 Å². The van der Waals surface area contributed by atoms with E-state index < -0.39 is 0 Å². The van der Waals surface area contributed by atoms with Crippen molar-refractivity contribution in [3.8, 4) is 16.9 Å². The largest absolute Gasteiger partial charge is 0.324 e. The first-order valence-electron chi connectivity index (χ1n) is 8.17. The lowest BCUT2D eigenvalue weighted by Crippen LogP contribution is -1.97. The average Bonchev–Trinajstić information content (AvgIpc) is 3.05. The molecule has 0 fully saturated rings. The molecule has 0 radical (unpaired) electrons. The molecule has 5 nitrogen and oxygen atoms in total. The van der Waals surface area contributed by atoms with Crippen LogP contribution in [0.1, 0.15) is 5.69 Å². The van der Waals surface area contributed by atoms with Crippen molar-refractivity contribution < 1.29 is 0 Å². The van der Waals surface area contributed by atoms with Crippen LogP contribution in [0.5, 0.6) is 0 Å². The van der Waals surface area contributed by atoms with Gasteiger partial charge in [0.1, 0.15) is 0 Å². The Kier molecular flexibility index (Phi) is 4.37. The molecule has 0 unspecified atom stereocenters. The van der Waals surface area contributed by atoms with Crippen LogP contribution >= 0.6 is 11.6 Å². The first-order valence-corrected chi connectivity index (χ1v) is 8.54. The fourth-order valence-electron chi connectivity index (χ4n) is 2.66. The number of hydrogen-bond donors (Lipinski definition) is 1. The SMILES string of the molecule is Cc1nn(-c2ccc(Cl)cc2)cc1-c1ccnc(Nc2ccccc2)n1. The molecule has 4 aromatic rings. The highest BCUT2D eigenvalue weighted by Crippen LogP contribution is 2.24. The molecule has 0 atom stereocenters. The zero-order chi connectivity index (χ0) is 17.9. The molecule has 0 aliphatic carbocycles. The van der Waals surface area contributed by atoms with E-state index in [2.05, 4.69) is 20.4 Å². The lowest BCUT2D eigenvalue weighted by Gasteiger charge is -2.05. The molecule has 2 aromatic carbocycles. The first-order chi connectivity index (χ1) is 12.7. The van der Waals surface area contributed by atoms with Crippen molar-refractivity contribution >= 4 is 23.2 Å². The third kappa shape index (κ3) is 3.43. The van der Waals surface area contributed by atoms with Crippen LogP contribution in [0.25, 0.3) is 16.9 Å². The smallest absolute Gasteiger partial charge is 0.227 e. The minimum atomic E-state index is 0.548. The van der Waals surface area contributed by atoms with Gasteiger partial charge in [0.2, 0.25) is 5.95 Å². The highest BCUT2D eigenvalue weighted by atomic mass is 35.5. The third-order valence-corrected chi connectivity index (χ3v) is 4.20. The quantitative estimate of drug-likeness (QED) is 0.553. The van der Waals surface area contributed by atoms with Crippen molar-refractivity contribution in [1.82, 2.24) is 19.7 Å². The van der Waals surface area contributed by atoms with Crippen LogP contribution in [0.2, 0.25) is 5.02 Å². The van der Waals surface area contributed by atoms with Gasteiger partial charge in [0.15, 0.2) is 0 Å². The lowest BCUT2D eigenvalue weighted by molar-refractivity contribution is 0.863. The van der Waals surface area contributed by atoms with Crippen LogP contribution in [0, 0.1) is 6.92 Å². The minimum Gasteiger partial charge on any atom is -0.324 e. The van der Waals surface area contributed by atoms with Gasteiger partial charge in [-0.3, -0.25) is 0 Å². The van der Waals surface area contributed by atoms with Gasteiger partial charge in [-0.25, -0.2) is 14.6 Å². The number of aryl methyl sites for hydroxylation is 1. The van der Waals surface area contributed by atoms with Crippen molar-refractivity contribution in [3.63, 3.8) is 0 Å². The van der Waals surface area contributed by atoms with E-state index in [4.69, 9.17) is 11.6 Å². The van der Waals surface area contributed by atoms with E-state index in [1.165, 1.54) is 0 Å². The number of anilines is 2. The van der Waals surface area contributed by atoms with Crippen molar-refractivity contribution in [3.05, 3.63) is 83.8 Å². The van der Waals surface area contributed by atoms with Crippen molar-refractivity contribution in [2.45, 2.75) is 6.92 Å². The number of aromatic nitrogens is 4. The summed E-state index contributed by atoms with van der Waals surface area (Å²) in [6.07, 6.45) is 3.71. The molecule has 2 aromatic heterocycles. The maximum absolute atomic E-state index is 5.96. The summed E-state index contributed by atoms with van der Waals surface area (Å²) in [6.45, 7) is 1.97. The summed E-state index contributed by atoms with van der Waals surface area (Å²) < 4.78 is 1.83. The fourth-order valence-corrected chi connectivity index (χ4v) is 2.78. The number of halogens is 1. The zero-order valence-corrected chi connectivity index (χ0v) is 14.9. The molecule has 0 aliphatic heterocycles. The van der Waals surface area contributed by atoms with Crippen molar-refractivity contribution in [2.24, 2.45) is 0 Å². The molecule has 4 rings (SSSR count). The van der Waals surface area contributed by atoms with E-state index in [9.17, 15) is 0 Å². The monoisotopic (exact) mass is 361 g/mol. The second-order valence-corrected chi connectivity index (χ2v) is 6.24. The molecule has 0 aliphatic rings. The van der Waals surface area contributed by atoms with E-state index in [0.717, 1.165) is 28.3 Å². The predicted molar refractivity (Wildman–Crippen MR) is 104 cm³/mol. The third-order valence-electron chi connectivity index (χ3n) is 3.95. The van der Waals surface area contributed by atoms with Crippen LogP contribution in [0.4, 0.5) is 11.6 Å². The Labute approximate surface area is 156 Å². The summed E-state index contributed by atoms with van der Waals surface area (Å²) in [6, 6.07) is 19.3. The van der Waals surface area contributed by atoms with Gasteiger partial charge in [-0.1, -0.05) is 29.8 Å². The highest BCUT2D eigenvalue weighted by Gasteiger charge is 2.11. The Balaban J connectivity index is 1.65. The molecule has 6 heteroatoms. The summed E-state index contributed by atoms with van der Waals surface area (Å²) >= 11 is 5.96. The summed E-state index contributed by atoms with van der Waals surface area (Å²) in [7, 11) is 0. The number of benzene rings is 2. The Morgan fingerprint density at radius 2 is 1.73 bits per heavy atom. The van der Waals surface area contributed by atoms with Gasteiger partial charge in [-0.05, 0) is 49.4 Å². The standard InChI is InChI=1S/C20H16ClN5/c1-14-18(13-26(25-14)17-9-7-15(21)8-10-17)19-11-12-22-20(24-19)23-16-5-3-2-4-6-16/h2-13H,1H3,(H,22,23,24). The molecule has 0 bridgehead atoms. The van der Waals surface area contributed by atoms with Crippen LogP contribution in [0.3, 0.4) is 0 Å². The van der Waals surface area contributed by atoms with Gasteiger partial charge < -0.3 is 5.32 Å². The second kappa shape index (κ2) is 6.98. The summed E-state index contributed by atoms with van der Waals surface area (Å²) in [5.74, 6) is 0.548. The predicted octanol–water partition coefficient (Wildman–Crippen LogP) is 5.03. The van der Waals surface area contributed by atoms with Crippen LogP contribution in [0.15, 0.2) is 73.1 Å². The number of nitrogens with one attached hydrogen (secondary N) is 1. The highest BCUT2D eigenvalue weighted by molar-refractivity contribution is 6.30. The molecule has 2 heterocycles. The van der Waals surface area contributed by atoms with E-state index in [0.29, 0.717) is 11.0 Å². The minimum absolute atomic E-state index is 0.548. The Morgan fingerprint density at radius 3 is 2.50 bits per heavy atom. The van der Waals surface area contributed by atoms with Gasteiger partial charge in [-0.2, -0.15) is 5.10 Å². The van der Waals surface area contributed by atoms with Gasteiger partial charge in [0.25, 0.3) is 0 Å². The normalized spacial score (nSPS) is 10.7. The summed E-state index contributed by atoms with van der Waals surface area (Å²) in [5, 5.41) is 8.51. The van der Waals surface area contributed by atoms with Crippen molar-refractivity contribution in [2.75, 3.05) is 5.32 Å². The molecule has 1 N–H and O–H groups in total. The van der Waals surface area contributed by atoms with Crippen LogP contribution < -0.4 is 5.32 Å². The first kappa shape index (κ1) is 16.3. The number of hydrogen-bond acceptors (Lipinski definition) is 4. The average molecular weight is 362 g/mol. The molecule has 0 amide bonds. The summed E-state index contributed by atoms with van der Waals surface area (Å²) in [5.41, 5.74) is 4.55. The molecule has 128 valence electrons. The number of para-hydroxylation sites is 1. The van der Waals surface area contributed by atoms with Gasteiger partial charge in [0, 0.05) is 28.7 Å². The Bertz CT molecular complexity index is 1030. The topological polar surface area (TPSA) is 55.6 Å². The molecule has 26 heavy (non-hydrogen) atoms. The molecule has 0 saturated heterocycles. The Morgan fingerprint density at radius 1 is 0.962 bits per heavy atom. The molecule has 0 spiro atoms. The van der Waals surface area contributed by atoms with Gasteiger partial charge >= 0.3 is 0 Å². The molecular formula is C20H16ClN5. The maximum atomic E-state index is 5.96. The van der Waals surface area contributed by atoms with E-state index in [1.807, 2.05) is 78.5 Å². The summed E-state index contributed by atoms with van der Waals surface area (Å²) in [4.78, 5) is 8.92. The second-order valence-electron chi connectivity index (χ2n) is 5.81. The van der Waals surface area contributed by atoms with Gasteiger partial charge in [-0.15, -0.1) is 0 Å². The van der Waals surface area contributed by atoms with Crippen LogP contribution in [-0.2, 0) is 0 Å². The Hall–Kier alpha value is -3.18. The molecular weight excluding hydrogens is 346 g/mol. The van der Waals surface area contributed by atoms with E-state index in [1.54, 1.807) is 6.20 Å². The van der Waals surface area contributed by atoms with Crippen molar-refractivity contribution in [1.29, 1.82) is 0 Å². The molecule has 0 saturated carbocycles. The zero-order valence-electron chi connectivity index (χ0n) is 14.1. The number of nitrogens with zero attached hydrogens (tertiary/aromatic N) is 4. The maximum Gasteiger partial charge on any atom is 0.227 e. The fraction of sp³-hybridized carbons (Fsp3) is 0.0500.